The van der Waals surface area contributed by atoms with Crippen LogP contribution in [-0.2, 0) is 0 Å². The number of aryl methyl sites for hydroxylation is 1. The predicted molar refractivity (Wildman–Crippen MR) is 86.0 cm³/mol. The van der Waals surface area contributed by atoms with Gasteiger partial charge in [-0.3, -0.25) is 0 Å². The van der Waals surface area contributed by atoms with Crippen molar-refractivity contribution in [2.45, 2.75) is 59.5 Å². The van der Waals surface area contributed by atoms with Crippen molar-refractivity contribution in [2.75, 3.05) is 18.0 Å². The SMILES string of the molecule is CCN(c1cccc(C)c1)C(C)CNC(C)(C)CC. The molecule has 0 aromatic heterocycles. The molecule has 0 saturated carbocycles. The molecule has 19 heavy (non-hydrogen) atoms. The molecule has 1 atom stereocenters. The van der Waals surface area contributed by atoms with Gasteiger partial charge in [0, 0.05) is 30.4 Å². The molecule has 0 heterocycles. The number of nitrogens with one attached hydrogen (secondary N) is 1. The second-order valence-corrected chi connectivity index (χ2v) is 6.09. The second kappa shape index (κ2) is 6.95. The van der Waals surface area contributed by atoms with Gasteiger partial charge in [-0.15, -0.1) is 0 Å². The van der Waals surface area contributed by atoms with Crippen LogP contribution in [0.4, 0.5) is 5.69 Å². The van der Waals surface area contributed by atoms with E-state index in [4.69, 9.17) is 0 Å². The molecule has 0 saturated heterocycles. The molecule has 1 aromatic carbocycles. The van der Waals surface area contributed by atoms with E-state index >= 15 is 0 Å². The van der Waals surface area contributed by atoms with Crippen molar-refractivity contribution in [1.82, 2.24) is 5.32 Å². The molecule has 1 rings (SSSR count). The summed E-state index contributed by atoms with van der Waals surface area (Å²) in [6, 6.07) is 9.27. The van der Waals surface area contributed by atoms with Gasteiger partial charge in [-0.2, -0.15) is 0 Å². The number of nitrogens with zero attached hydrogens (tertiary/aromatic N) is 1. The van der Waals surface area contributed by atoms with Crippen LogP contribution in [0.15, 0.2) is 24.3 Å². The zero-order valence-corrected chi connectivity index (χ0v) is 13.5. The molecule has 0 radical (unpaired) electrons. The average Bonchev–Trinajstić information content (AvgIpc) is 2.37. The van der Waals surface area contributed by atoms with Gasteiger partial charge in [0.1, 0.15) is 0 Å². The number of hydrogen-bond donors (Lipinski definition) is 1. The lowest BCUT2D eigenvalue weighted by atomic mass is 10.0. The van der Waals surface area contributed by atoms with E-state index in [0.29, 0.717) is 6.04 Å². The third kappa shape index (κ3) is 4.87. The Kier molecular flexibility index (Phi) is 5.86. The van der Waals surface area contributed by atoms with Gasteiger partial charge in [0.25, 0.3) is 0 Å². The predicted octanol–water partition coefficient (Wildman–Crippen LogP) is 3.99. The zero-order valence-electron chi connectivity index (χ0n) is 13.5. The molecule has 0 fully saturated rings. The summed E-state index contributed by atoms with van der Waals surface area (Å²) >= 11 is 0. The van der Waals surface area contributed by atoms with E-state index in [1.165, 1.54) is 11.3 Å². The van der Waals surface area contributed by atoms with Gasteiger partial charge in [0.2, 0.25) is 0 Å². The topological polar surface area (TPSA) is 15.3 Å². The maximum atomic E-state index is 3.67. The van der Waals surface area contributed by atoms with Crippen molar-refractivity contribution >= 4 is 5.69 Å². The third-order valence-electron chi connectivity index (χ3n) is 3.97. The van der Waals surface area contributed by atoms with Crippen LogP contribution in [0.5, 0.6) is 0 Å². The highest BCUT2D eigenvalue weighted by atomic mass is 15.2. The summed E-state index contributed by atoms with van der Waals surface area (Å²) in [6.07, 6.45) is 1.15. The van der Waals surface area contributed by atoms with Crippen LogP contribution < -0.4 is 10.2 Å². The van der Waals surface area contributed by atoms with E-state index < -0.39 is 0 Å². The second-order valence-electron chi connectivity index (χ2n) is 6.09. The highest BCUT2D eigenvalue weighted by Gasteiger charge is 2.18. The molecular formula is C17H30N2. The van der Waals surface area contributed by atoms with E-state index in [1.807, 2.05) is 0 Å². The molecule has 1 unspecified atom stereocenters. The molecule has 0 aliphatic rings. The van der Waals surface area contributed by atoms with Crippen LogP contribution in [-0.4, -0.2) is 24.7 Å². The van der Waals surface area contributed by atoms with E-state index in [0.717, 1.165) is 19.5 Å². The van der Waals surface area contributed by atoms with E-state index in [1.54, 1.807) is 0 Å². The Labute approximate surface area is 119 Å². The first-order chi connectivity index (χ1) is 8.89. The highest BCUT2D eigenvalue weighted by Crippen LogP contribution is 2.18. The number of anilines is 1. The molecule has 2 heteroatoms. The summed E-state index contributed by atoms with van der Waals surface area (Å²) in [6.45, 7) is 15.5. The normalized spacial score (nSPS) is 13.4. The van der Waals surface area contributed by atoms with Gasteiger partial charge in [-0.05, 0) is 58.7 Å². The van der Waals surface area contributed by atoms with Crippen molar-refractivity contribution in [3.63, 3.8) is 0 Å². The largest absolute Gasteiger partial charge is 0.368 e. The summed E-state index contributed by atoms with van der Waals surface area (Å²) < 4.78 is 0. The first-order valence-corrected chi connectivity index (χ1v) is 7.48. The zero-order chi connectivity index (χ0) is 14.5. The number of hydrogen-bond acceptors (Lipinski definition) is 2. The molecule has 1 N–H and O–H groups in total. The minimum Gasteiger partial charge on any atom is -0.368 e. The fourth-order valence-corrected chi connectivity index (χ4v) is 2.21. The first-order valence-electron chi connectivity index (χ1n) is 7.48. The highest BCUT2D eigenvalue weighted by molar-refractivity contribution is 5.49. The molecule has 0 bridgehead atoms. The maximum absolute atomic E-state index is 3.67. The Bertz CT molecular complexity index is 385. The van der Waals surface area contributed by atoms with E-state index in [9.17, 15) is 0 Å². The van der Waals surface area contributed by atoms with Crippen LogP contribution in [0.1, 0.15) is 46.6 Å². The van der Waals surface area contributed by atoms with Crippen LogP contribution >= 0.6 is 0 Å². The monoisotopic (exact) mass is 262 g/mol. The Hall–Kier alpha value is -1.02. The average molecular weight is 262 g/mol. The number of benzene rings is 1. The first kappa shape index (κ1) is 16.0. The van der Waals surface area contributed by atoms with Gasteiger partial charge in [-0.1, -0.05) is 19.1 Å². The summed E-state index contributed by atoms with van der Waals surface area (Å²) in [4.78, 5) is 2.46. The van der Waals surface area contributed by atoms with Crippen LogP contribution in [0.25, 0.3) is 0 Å². The van der Waals surface area contributed by atoms with Crippen molar-refractivity contribution in [1.29, 1.82) is 0 Å². The summed E-state index contributed by atoms with van der Waals surface area (Å²) in [5.41, 5.74) is 2.87. The van der Waals surface area contributed by atoms with E-state index in [-0.39, 0.29) is 5.54 Å². The van der Waals surface area contributed by atoms with Crippen molar-refractivity contribution in [3.05, 3.63) is 29.8 Å². The molecular weight excluding hydrogens is 232 g/mol. The lowest BCUT2D eigenvalue weighted by molar-refractivity contribution is 0.363. The van der Waals surface area contributed by atoms with Crippen LogP contribution in [0.3, 0.4) is 0 Å². The Morgan fingerprint density at radius 1 is 1.26 bits per heavy atom. The maximum Gasteiger partial charge on any atom is 0.0386 e. The molecule has 1 aromatic rings. The molecule has 2 nitrogen and oxygen atoms in total. The third-order valence-corrected chi connectivity index (χ3v) is 3.97. The van der Waals surface area contributed by atoms with Crippen molar-refractivity contribution in [2.24, 2.45) is 0 Å². The number of likely N-dealkylation sites (N-methyl/N-ethyl adjacent to an activating group) is 1. The summed E-state index contributed by atoms with van der Waals surface area (Å²) in [5, 5.41) is 3.67. The summed E-state index contributed by atoms with van der Waals surface area (Å²) in [5.74, 6) is 0. The lowest BCUT2D eigenvalue weighted by Crippen LogP contribution is -2.47. The van der Waals surface area contributed by atoms with Crippen LogP contribution in [0, 0.1) is 6.92 Å². The van der Waals surface area contributed by atoms with Crippen LogP contribution in [0.2, 0.25) is 0 Å². The molecule has 0 spiro atoms. The Balaban J connectivity index is 2.69. The molecule has 0 amide bonds. The fourth-order valence-electron chi connectivity index (χ4n) is 2.21. The van der Waals surface area contributed by atoms with E-state index in [2.05, 4.69) is 76.0 Å². The lowest BCUT2D eigenvalue weighted by Gasteiger charge is -2.34. The van der Waals surface area contributed by atoms with Crippen molar-refractivity contribution in [3.8, 4) is 0 Å². The smallest absolute Gasteiger partial charge is 0.0386 e. The fraction of sp³-hybridized carbons (Fsp3) is 0.647. The quantitative estimate of drug-likeness (QED) is 0.799. The Morgan fingerprint density at radius 2 is 1.95 bits per heavy atom. The molecule has 0 aliphatic carbocycles. The van der Waals surface area contributed by atoms with Gasteiger partial charge < -0.3 is 10.2 Å². The molecule has 108 valence electrons. The van der Waals surface area contributed by atoms with Gasteiger partial charge in [0.05, 0.1) is 0 Å². The van der Waals surface area contributed by atoms with Gasteiger partial charge in [-0.25, -0.2) is 0 Å². The minimum absolute atomic E-state index is 0.222. The van der Waals surface area contributed by atoms with Gasteiger partial charge in [0.15, 0.2) is 0 Å². The Morgan fingerprint density at radius 3 is 2.47 bits per heavy atom. The minimum atomic E-state index is 0.222. The summed E-state index contributed by atoms with van der Waals surface area (Å²) in [7, 11) is 0. The standard InChI is InChI=1S/C17H30N2/c1-7-17(5,6)18-13-15(4)19(8-2)16-11-9-10-14(3)12-16/h9-12,15,18H,7-8,13H2,1-6H3. The molecule has 0 aliphatic heterocycles. The van der Waals surface area contributed by atoms with Crippen molar-refractivity contribution < 1.29 is 0 Å². The number of rotatable bonds is 7. The van der Waals surface area contributed by atoms with Gasteiger partial charge >= 0.3 is 0 Å².